The Morgan fingerprint density at radius 3 is 2.52 bits per heavy atom. The molecule has 0 radical (unpaired) electrons. The lowest BCUT2D eigenvalue weighted by atomic mass is 9.93. The van der Waals surface area contributed by atoms with E-state index in [9.17, 15) is 9.90 Å². The Balaban J connectivity index is 2.19. The van der Waals surface area contributed by atoms with Crippen LogP contribution in [0.4, 0.5) is 10.7 Å². The number of methoxy groups -OCH3 is 1. The van der Waals surface area contributed by atoms with Gasteiger partial charge in [-0.3, -0.25) is 4.79 Å². The summed E-state index contributed by atoms with van der Waals surface area (Å²) in [6.45, 7) is 3.73. The Morgan fingerprint density at radius 2 is 2.00 bits per heavy atom. The lowest BCUT2D eigenvalue weighted by Crippen LogP contribution is -2.27. The number of aliphatic hydroxyl groups is 1. The molecule has 1 fully saturated rings. The van der Waals surface area contributed by atoms with Gasteiger partial charge in [0, 0.05) is 12.0 Å². The van der Waals surface area contributed by atoms with Crippen LogP contribution in [0.1, 0.15) is 49.2 Å². The van der Waals surface area contributed by atoms with Gasteiger partial charge >= 0.3 is 0 Å². The fourth-order valence-electron chi connectivity index (χ4n) is 2.58. The maximum absolute atomic E-state index is 12.2. The molecular formula is C15H24N2O3S. The molecule has 0 aromatic carbocycles. The van der Waals surface area contributed by atoms with Crippen molar-refractivity contribution in [1.82, 2.24) is 0 Å². The summed E-state index contributed by atoms with van der Waals surface area (Å²) < 4.78 is 5.37. The molecule has 1 aromatic heterocycles. The van der Waals surface area contributed by atoms with Crippen molar-refractivity contribution in [1.29, 1.82) is 0 Å². The van der Waals surface area contributed by atoms with E-state index >= 15 is 0 Å². The largest absolute Gasteiger partial charge is 0.492 e. The highest BCUT2D eigenvalue weighted by atomic mass is 32.1. The molecule has 1 aromatic rings. The Bertz CT molecular complexity index is 505. The number of ketones is 1. The molecule has 21 heavy (non-hydrogen) atoms. The lowest BCUT2D eigenvalue weighted by Gasteiger charge is -2.26. The monoisotopic (exact) mass is 312 g/mol. The molecule has 0 atom stereocenters. The highest BCUT2D eigenvalue weighted by Gasteiger charge is 2.26. The Hall–Kier alpha value is -1.27. The third kappa shape index (κ3) is 3.49. The number of thiophene rings is 1. The first-order chi connectivity index (χ1) is 9.93. The number of hydrogen-bond acceptors (Lipinski definition) is 6. The lowest BCUT2D eigenvalue weighted by molar-refractivity contribution is 0.0944. The second-order valence-electron chi connectivity index (χ2n) is 5.88. The summed E-state index contributed by atoms with van der Waals surface area (Å²) in [6.07, 6.45) is 3.25. The average Bonchev–Trinajstić information content (AvgIpc) is 2.76. The molecule has 6 heteroatoms. The summed E-state index contributed by atoms with van der Waals surface area (Å²) in [5.41, 5.74) is 6.50. The standard InChI is InChI=1S/C15H24N2O3S/c1-8(2)12(19)14-11(16)13(20-3)15(21-14)17-9-4-6-10(18)7-5-9/h8-10,17-18H,4-7,16H2,1-3H3. The first-order valence-electron chi connectivity index (χ1n) is 7.39. The third-order valence-corrected chi connectivity index (χ3v) is 5.02. The van der Waals surface area contributed by atoms with E-state index in [1.54, 1.807) is 7.11 Å². The van der Waals surface area contributed by atoms with E-state index in [1.807, 2.05) is 13.8 Å². The Labute approximate surface area is 129 Å². The van der Waals surface area contributed by atoms with Gasteiger partial charge in [0.1, 0.15) is 5.00 Å². The summed E-state index contributed by atoms with van der Waals surface area (Å²) in [7, 11) is 1.57. The molecular weight excluding hydrogens is 288 g/mol. The topological polar surface area (TPSA) is 84.6 Å². The van der Waals surface area contributed by atoms with Gasteiger partial charge in [0.15, 0.2) is 11.5 Å². The van der Waals surface area contributed by atoms with Crippen molar-refractivity contribution >= 4 is 27.8 Å². The summed E-state index contributed by atoms with van der Waals surface area (Å²) in [4.78, 5) is 12.8. The third-order valence-electron chi connectivity index (χ3n) is 3.88. The van der Waals surface area contributed by atoms with Crippen LogP contribution in [0.25, 0.3) is 0 Å². The molecule has 0 saturated heterocycles. The zero-order chi connectivity index (χ0) is 15.6. The number of Topliss-reactive ketones (excluding diaryl/α,β-unsaturated/α-hetero) is 1. The van der Waals surface area contributed by atoms with Crippen LogP contribution in [0.2, 0.25) is 0 Å². The van der Waals surface area contributed by atoms with Crippen LogP contribution in [0.5, 0.6) is 5.75 Å². The molecule has 0 bridgehead atoms. The molecule has 4 N–H and O–H groups in total. The van der Waals surface area contributed by atoms with E-state index in [2.05, 4.69) is 5.32 Å². The fourth-order valence-corrected chi connectivity index (χ4v) is 3.83. The van der Waals surface area contributed by atoms with Gasteiger partial charge in [-0.15, -0.1) is 11.3 Å². The fraction of sp³-hybridized carbons (Fsp3) is 0.667. The van der Waals surface area contributed by atoms with E-state index < -0.39 is 0 Å². The van der Waals surface area contributed by atoms with E-state index in [0.29, 0.717) is 22.4 Å². The van der Waals surface area contributed by atoms with Crippen molar-refractivity contribution in [3.05, 3.63) is 4.88 Å². The van der Waals surface area contributed by atoms with Gasteiger partial charge < -0.3 is 20.9 Å². The number of nitrogens with one attached hydrogen (secondary N) is 1. The highest BCUT2D eigenvalue weighted by molar-refractivity contribution is 7.19. The van der Waals surface area contributed by atoms with Crippen molar-refractivity contribution in [3.63, 3.8) is 0 Å². The van der Waals surface area contributed by atoms with E-state index in [4.69, 9.17) is 10.5 Å². The van der Waals surface area contributed by atoms with Crippen LogP contribution in [0.3, 0.4) is 0 Å². The molecule has 118 valence electrons. The molecule has 1 aliphatic rings. The maximum Gasteiger partial charge on any atom is 0.177 e. The maximum atomic E-state index is 12.2. The van der Waals surface area contributed by atoms with Crippen molar-refractivity contribution < 1.29 is 14.6 Å². The Kier molecular flexibility index (Phi) is 5.11. The number of carbonyl (C=O) groups is 1. The molecule has 0 aliphatic heterocycles. The Morgan fingerprint density at radius 1 is 1.38 bits per heavy atom. The van der Waals surface area contributed by atoms with Gasteiger partial charge in [0.05, 0.1) is 23.8 Å². The number of carbonyl (C=O) groups excluding carboxylic acids is 1. The van der Waals surface area contributed by atoms with Crippen LogP contribution in [0.15, 0.2) is 0 Å². The van der Waals surface area contributed by atoms with Crippen LogP contribution in [-0.4, -0.2) is 30.1 Å². The molecule has 1 heterocycles. The first kappa shape index (κ1) is 16.1. The van der Waals surface area contributed by atoms with Crippen molar-refractivity contribution in [2.45, 2.75) is 51.7 Å². The van der Waals surface area contributed by atoms with E-state index in [0.717, 1.165) is 30.7 Å². The number of aliphatic hydroxyl groups excluding tert-OH is 1. The van der Waals surface area contributed by atoms with Gasteiger partial charge in [0.25, 0.3) is 0 Å². The van der Waals surface area contributed by atoms with E-state index in [1.165, 1.54) is 11.3 Å². The normalized spacial score (nSPS) is 22.3. The first-order valence-corrected chi connectivity index (χ1v) is 8.20. The van der Waals surface area contributed by atoms with Crippen LogP contribution in [0, 0.1) is 5.92 Å². The minimum atomic E-state index is -0.184. The second kappa shape index (κ2) is 6.66. The van der Waals surface area contributed by atoms with E-state index in [-0.39, 0.29) is 17.8 Å². The van der Waals surface area contributed by atoms with Gasteiger partial charge in [-0.25, -0.2) is 0 Å². The summed E-state index contributed by atoms with van der Waals surface area (Å²) in [5.74, 6) is 0.520. The SMILES string of the molecule is COc1c(NC2CCC(O)CC2)sc(C(=O)C(C)C)c1N. The number of ether oxygens (including phenoxy) is 1. The molecule has 1 saturated carbocycles. The summed E-state index contributed by atoms with van der Waals surface area (Å²) in [6, 6.07) is 0.294. The van der Waals surface area contributed by atoms with Crippen molar-refractivity contribution in [2.75, 3.05) is 18.2 Å². The predicted molar refractivity (Wildman–Crippen MR) is 86.3 cm³/mol. The smallest absolute Gasteiger partial charge is 0.177 e. The average molecular weight is 312 g/mol. The molecule has 0 unspecified atom stereocenters. The number of anilines is 2. The molecule has 0 spiro atoms. The minimum absolute atomic E-state index is 0.0444. The number of hydrogen-bond donors (Lipinski definition) is 3. The summed E-state index contributed by atoms with van der Waals surface area (Å²) >= 11 is 1.37. The van der Waals surface area contributed by atoms with Gasteiger partial charge in [-0.2, -0.15) is 0 Å². The zero-order valence-corrected chi connectivity index (χ0v) is 13.6. The molecule has 2 rings (SSSR count). The molecule has 5 nitrogen and oxygen atoms in total. The van der Waals surface area contributed by atoms with Gasteiger partial charge in [-0.1, -0.05) is 13.8 Å². The minimum Gasteiger partial charge on any atom is -0.492 e. The van der Waals surface area contributed by atoms with Gasteiger partial charge in [-0.05, 0) is 25.7 Å². The van der Waals surface area contributed by atoms with Crippen LogP contribution >= 0.6 is 11.3 Å². The van der Waals surface area contributed by atoms with Crippen molar-refractivity contribution in [3.8, 4) is 5.75 Å². The highest BCUT2D eigenvalue weighted by Crippen LogP contribution is 2.44. The molecule has 0 amide bonds. The number of rotatable bonds is 5. The van der Waals surface area contributed by atoms with Crippen molar-refractivity contribution in [2.24, 2.45) is 5.92 Å². The number of nitrogens with two attached hydrogens (primary N) is 1. The van der Waals surface area contributed by atoms with Gasteiger partial charge in [0.2, 0.25) is 0 Å². The second-order valence-corrected chi connectivity index (χ2v) is 6.90. The van der Waals surface area contributed by atoms with Crippen LogP contribution < -0.4 is 15.8 Å². The molecule has 1 aliphatic carbocycles. The quantitative estimate of drug-likeness (QED) is 0.728. The van der Waals surface area contributed by atoms with Crippen LogP contribution in [-0.2, 0) is 0 Å². The predicted octanol–water partition coefficient (Wildman–Crippen LogP) is 2.89. The number of nitrogen functional groups attached to an aromatic ring is 1. The summed E-state index contributed by atoms with van der Waals surface area (Å²) in [5, 5.41) is 13.8. The zero-order valence-electron chi connectivity index (χ0n) is 12.8.